The number of aliphatic hydroxyl groups excluding tert-OH is 2. The van der Waals surface area contributed by atoms with Gasteiger partial charge >= 0.3 is 6.18 Å². The van der Waals surface area contributed by atoms with Crippen molar-refractivity contribution in [3.63, 3.8) is 0 Å². The number of phenols is 1. The maximum atomic E-state index is 13.6. The number of Topliss-reactive ketones (excluding diaryl/α,β-unsaturated/α-hetero) is 2. The van der Waals surface area contributed by atoms with Gasteiger partial charge in [0.15, 0.2) is 11.4 Å². The summed E-state index contributed by atoms with van der Waals surface area (Å²) in [6, 6.07) is 7.25. The van der Waals surface area contributed by atoms with Crippen LogP contribution in [0.3, 0.4) is 0 Å². The second-order valence-electron chi connectivity index (χ2n) is 9.89. The van der Waals surface area contributed by atoms with Crippen LogP contribution in [0.1, 0.15) is 45.5 Å². The highest BCUT2D eigenvalue weighted by molar-refractivity contribution is 6.24. The second-order valence-corrected chi connectivity index (χ2v) is 9.89. The highest BCUT2D eigenvalue weighted by Gasteiger charge is 2.59. The van der Waals surface area contributed by atoms with Gasteiger partial charge in [-0.1, -0.05) is 30.4 Å². The van der Waals surface area contributed by atoms with Gasteiger partial charge in [-0.2, -0.15) is 13.2 Å². The Kier molecular flexibility index (Phi) is 5.95. The van der Waals surface area contributed by atoms with Gasteiger partial charge in [-0.15, -0.1) is 0 Å². The van der Waals surface area contributed by atoms with Crippen molar-refractivity contribution >= 4 is 29.6 Å². The average molecular weight is 541 g/mol. The molecule has 0 spiro atoms. The van der Waals surface area contributed by atoms with Crippen molar-refractivity contribution in [2.45, 2.75) is 31.0 Å². The summed E-state index contributed by atoms with van der Waals surface area (Å²) in [6.45, 7) is 0. The normalized spacial score (nSPS) is 25.0. The molecule has 2 aromatic rings. The van der Waals surface area contributed by atoms with Crippen molar-refractivity contribution in [3.05, 3.63) is 86.9 Å². The molecule has 0 unspecified atom stereocenters. The van der Waals surface area contributed by atoms with E-state index in [0.717, 1.165) is 12.1 Å². The molecule has 0 saturated heterocycles. The maximum Gasteiger partial charge on any atom is 0.416 e. The van der Waals surface area contributed by atoms with E-state index in [4.69, 9.17) is 5.73 Å². The molecule has 6 N–H and O–H groups in total. The number of ketones is 2. The van der Waals surface area contributed by atoms with Gasteiger partial charge in [-0.3, -0.25) is 14.4 Å². The van der Waals surface area contributed by atoms with E-state index in [1.807, 2.05) is 0 Å². The second kappa shape index (κ2) is 8.84. The van der Waals surface area contributed by atoms with Crippen molar-refractivity contribution < 1.29 is 48.0 Å². The van der Waals surface area contributed by atoms with E-state index < -0.39 is 69.5 Å². The van der Waals surface area contributed by atoms with Crippen molar-refractivity contribution in [2.75, 3.05) is 0 Å². The third-order valence-electron chi connectivity index (χ3n) is 7.67. The molecule has 0 heterocycles. The molecule has 1 amide bonds. The van der Waals surface area contributed by atoms with E-state index in [9.17, 15) is 48.0 Å². The number of allylic oxidation sites excluding steroid dienone is 2. The van der Waals surface area contributed by atoms with Crippen LogP contribution in [0.4, 0.5) is 13.2 Å². The Balaban J connectivity index is 1.55. The topological polar surface area (TPSA) is 158 Å². The number of aromatic hydroxyl groups is 1. The number of carbonyl (C=O) groups is 3. The first-order valence-electron chi connectivity index (χ1n) is 11.9. The number of nitrogens with two attached hydrogens (primary N) is 1. The van der Waals surface area contributed by atoms with Gasteiger partial charge in [0.25, 0.3) is 5.91 Å². The molecule has 0 aromatic heterocycles. The van der Waals surface area contributed by atoms with Gasteiger partial charge in [-0.05, 0) is 53.6 Å². The molecular weight excluding hydrogens is 519 g/mol. The molecule has 8 nitrogen and oxygen atoms in total. The quantitative estimate of drug-likeness (QED) is 0.292. The lowest BCUT2D eigenvalue weighted by Crippen LogP contribution is -2.57. The number of hydrogen-bond donors (Lipinski definition) is 5. The van der Waals surface area contributed by atoms with Crippen LogP contribution in [0.15, 0.2) is 59.1 Å². The van der Waals surface area contributed by atoms with Crippen LogP contribution in [-0.2, 0) is 22.2 Å². The minimum Gasteiger partial charge on any atom is -0.511 e. The summed E-state index contributed by atoms with van der Waals surface area (Å²) in [4.78, 5) is 38.3. The Labute approximate surface area is 219 Å². The zero-order chi connectivity index (χ0) is 28.4. The standard InChI is InChI=1S/C28H22F3NO7/c29-28(30,31)15-6-2-12(3-7-15)1-4-13-5-8-18(33)21-17(13)10-14-9-16-11-19(34)22(26(32)38)25(37)27(16,39)24(36)20(14)23(21)35/h1-8,14,16,33-34,36,39H,9-11H2,(H2,32,38)/b4-1+/t14-,16+,27+/m1/s1. The summed E-state index contributed by atoms with van der Waals surface area (Å²) in [5.41, 5.74) is 1.83. The molecule has 3 aliphatic carbocycles. The van der Waals surface area contributed by atoms with Crippen molar-refractivity contribution in [2.24, 2.45) is 17.6 Å². The Bertz CT molecular complexity index is 1540. The van der Waals surface area contributed by atoms with Crippen LogP contribution < -0.4 is 5.73 Å². The zero-order valence-electron chi connectivity index (χ0n) is 20.1. The van der Waals surface area contributed by atoms with Crippen molar-refractivity contribution in [3.8, 4) is 5.75 Å². The third kappa shape index (κ3) is 4.00. The number of hydrogen-bond acceptors (Lipinski definition) is 7. The molecule has 2 aromatic carbocycles. The first-order chi connectivity index (χ1) is 18.2. The summed E-state index contributed by atoms with van der Waals surface area (Å²) in [6.07, 6.45) is -1.59. The summed E-state index contributed by atoms with van der Waals surface area (Å²) < 4.78 is 38.6. The largest absolute Gasteiger partial charge is 0.511 e. The molecule has 0 saturated carbocycles. The zero-order valence-corrected chi connectivity index (χ0v) is 20.1. The molecule has 5 rings (SSSR count). The number of benzene rings is 2. The van der Waals surface area contributed by atoms with Gasteiger partial charge in [0.2, 0.25) is 5.78 Å². The lowest BCUT2D eigenvalue weighted by Gasteiger charge is -2.45. The van der Waals surface area contributed by atoms with E-state index in [1.54, 1.807) is 12.2 Å². The smallest absolute Gasteiger partial charge is 0.416 e. The number of amides is 1. The van der Waals surface area contributed by atoms with Gasteiger partial charge < -0.3 is 26.2 Å². The van der Waals surface area contributed by atoms with Gasteiger partial charge in [-0.25, -0.2) is 0 Å². The molecule has 39 heavy (non-hydrogen) atoms. The summed E-state index contributed by atoms with van der Waals surface area (Å²) in [5.74, 6) is -7.12. The summed E-state index contributed by atoms with van der Waals surface area (Å²) >= 11 is 0. The van der Waals surface area contributed by atoms with Crippen molar-refractivity contribution in [1.29, 1.82) is 0 Å². The van der Waals surface area contributed by atoms with Crippen LogP contribution in [0.2, 0.25) is 0 Å². The molecule has 3 aliphatic rings. The lowest BCUT2D eigenvalue weighted by atomic mass is 9.60. The first kappa shape index (κ1) is 26.2. The highest BCUT2D eigenvalue weighted by Crippen LogP contribution is 2.51. The number of rotatable bonds is 3. The molecule has 11 heteroatoms. The minimum absolute atomic E-state index is 0.0133. The molecular formula is C28H22F3NO7. The van der Waals surface area contributed by atoms with E-state index in [0.29, 0.717) is 16.7 Å². The Hall–Kier alpha value is -4.38. The Morgan fingerprint density at radius 3 is 2.28 bits per heavy atom. The number of aliphatic hydroxyl groups is 3. The highest BCUT2D eigenvalue weighted by atomic mass is 19.4. The van der Waals surface area contributed by atoms with Crippen LogP contribution in [0, 0.1) is 11.8 Å². The first-order valence-corrected chi connectivity index (χ1v) is 11.9. The average Bonchev–Trinajstić information content (AvgIpc) is 2.85. The van der Waals surface area contributed by atoms with Crippen LogP contribution in [0.5, 0.6) is 5.75 Å². The van der Waals surface area contributed by atoms with Crippen LogP contribution in [-0.4, -0.2) is 43.5 Å². The molecule has 202 valence electrons. The number of halogens is 3. The van der Waals surface area contributed by atoms with Crippen molar-refractivity contribution in [1.82, 2.24) is 0 Å². The number of carbonyl (C=O) groups excluding carboxylic acids is 3. The molecule has 0 bridgehead atoms. The predicted molar refractivity (Wildman–Crippen MR) is 131 cm³/mol. The Morgan fingerprint density at radius 1 is 1.00 bits per heavy atom. The lowest BCUT2D eigenvalue weighted by molar-refractivity contribution is -0.144. The SMILES string of the molecule is NC(=O)C1=C(O)C[C@@H]2C[C@@H]3Cc4c(/C=C/c5ccc(C(F)(F)F)cc5)ccc(O)c4C(=O)C3=C(O)[C@]2(O)C1=O. The fraction of sp³-hybridized carbons (Fsp3) is 0.250. The molecule has 3 atom stereocenters. The third-order valence-corrected chi connectivity index (χ3v) is 7.67. The number of alkyl halides is 3. The maximum absolute atomic E-state index is 13.6. The molecule has 0 radical (unpaired) electrons. The minimum atomic E-state index is -4.47. The van der Waals surface area contributed by atoms with Crippen LogP contribution in [0.25, 0.3) is 12.2 Å². The summed E-state index contributed by atoms with van der Waals surface area (Å²) in [7, 11) is 0. The predicted octanol–water partition coefficient (Wildman–Crippen LogP) is 3.77. The van der Waals surface area contributed by atoms with Gasteiger partial charge in [0.05, 0.1) is 11.1 Å². The van der Waals surface area contributed by atoms with E-state index >= 15 is 0 Å². The fourth-order valence-corrected chi connectivity index (χ4v) is 5.77. The monoisotopic (exact) mass is 541 g/mol. The Morgan fingerprint density at radius 2 is 1.67 bits per heavy atom. The van der Waals surface area contributed by atoms with E-state index in [1.165, 1.54) is 24.3 Å². The fourth-order valence-electron chi connectivity index (χ4n) is 5.77. The van der Waals surface area contributed by atoms with E-state index in [2.05, 4.69) is 0 Å². The number of fused-ring (bicyclic) bond motifs is 3. The van der Waals surface area contributed by atoms with Crippen LogP contribution >= 0.6 is 0 Å². The molecule has 0 fully saturated rings. The molecule has 0 aliphatic heterocycles. The van der Waals surface area contributed by atoms with E-state index in [-0.39, 0.29) is 30.4 Å². The summed E-state index contributed by atoms with van der Waals surface area (Å²) in [5, 5.41) is 43.1. The number of primary amides is 1. The van der Waals surface area contributed by atoms with Gasteiger partial charge in [0.1, 0.15) is 22.8 Å². The number of phenolic OH excluding ortho intramolecular Hbond substituents is 1. The van der Waals surface area contributed by atoms with Gasteiger partial charge in [0, 0.05) is 17.9 Å².